The number of carbonyl (C=O) groups is 1. The van der Waals surface area contributed by atoms with Gasteiger partial charge < -0.3 is 10.4 Å². The average Bonchev–Trinajstić information content (AvgIpc) is 3.10. The Bertz CT molecular complexity index is 462. The standard InChI is InChI=1S/C15H21NO2/c1-10(2)15(6-7-15)9-16-14(18)12-8-11(3)4-5-13(12)17/h4-5,8,10,17H,6-7,9H2,1-3H3,(H,16,18). The van der Waals surface area contributed by atoms with Crippen LogP contribution < -0.4 is 5.32 Å². The number of aryl methyl sites for hydroxylation is 1. The summed E-state index contributed by atoms with van der Waals surface area (Å²) in [4.78, 5) is 12.0. The van der Waals surface area contributed by atoms with Crippen molar-refractivity contribution in [3.63, 3.8) is 0 Å². The van der Waals surface area contributed by atoms with Gasteiger partial charge in [0, 0.05) is 6.54 Å². The fourth-order valence-electron chi connectivity index (χ4n) is 2.30. The lowest BCUT2D eigenvalue weighted by atomic mass is 9.92. The number of amides is 1. The molecule has 0 bridgehead atoms. The maximum atomic E-state index is 12.0. The van der Waals surface area contributed by atoms with Gasteiger partial charge in [-0.3, -0.25) is 4.79 Å². The monoisotopic (exact) mass is 247 g/mol. The van der Waals surface area contributed by atoms with E-state index < -0.39 is 0 Å². The largest absolute Gasteiger partial charge is 0.507 e. The molecule has 2 N–H and O–H groups in total. The Hall–Kier alpha value is -1.51. The second-order valence-corrected chi connectivity index (χ2v) is 5.72. The molecule has 0 atom stereocenters. The Morgan fingerprint density at radius 1 is 1.44 bits per heavy atom. The molecule has 3 nitrogen and oxygen atoms in total. The van der Waals surface area contributed by atoms with Gasteiger partial charge in [-0.05, 0) is 43.2 Å². The first-order chi connectivity index (χ1) is 8.44. The number of hydrogen-bond acceptors (Lipinski definition) is 2. The zero-order valence-corrected chi connectivity index (χ0v) is 11.3. The first-order valence-electron chi connectivity index (χ1n) is 6.52. The van der Waals surface area contributed by atoms with Gasteiger partial charge in [-0.1, -0.05) is 25.5 Å². The molecular weight excluding hydrogens is 226 g/mol. The molecule has 0 spiro atoms. The summed E-state index contributed by atoms with van der Waals surface area (Å²) in [5.41, 5.74) is 1.63. The minimum atomic E-state index is -0.178. The van der Waals surface area contributed by atoms with E-state index in [0.717, 1.165) is 5.56 Å². The summed E-state index contributed by atoms with van der Waals surface area (Å²) in [6, 6.07) is 5.09. The number of carbonyl (C=O) groups excluding carboxylic acids is 1. The third kappa shape index (κ3) is 2.50. The van der Waals surface area contributed by atoms with Crippen LogP contribution in [0.15, 0.2) is 18.2 Å². The molecule has 1 fully saturated rings. The van der Waals surface area contributed by atoms with Gasteiger partial charge in [0.2, 0.25) is 0 Å². The molecule has 0 heterocycles. The van der Waals surface area contributed by atoms with Crippen molar-refractivity contribution < 1.29 is 9.90 Å². The van der Waals surface area contributed by atoms with E-state index in [1.54, 1.807) is 18.2 Å². The number of rotatable bonds is 4. The molecule has 3 heteroatoms. The lowest BCUT2D eigenvalue weighted by molar-refractivity contribution is 0.0937. The summed E-state index contributed by atoms with van der Waals surface area (Å²) in [6.07, 6.45) is 2.37. The highest BCUT2D eigenvalue weighted by Crippen LogP contribution is 2.51. The third-order valence-corrected chi connectivity index (χ3v) is 4.11. The number of hydrogen-bond donors (Lipinski definition) is 2. The van der Waals surface area contributed by atoms with Crippen LogP contribution in [0, 0.1) is 18.3 Å². The van der Waals surface area contributed by atoms with E-state index in [4.69, 9.17) is 0 Å². The topological polar surface area (TPSA) is 49.3 Å². The van der Waals surface area contributed by atoms with Crippen molar-refractivity contribution in [3.05, 3.63) is 29.3 Å². The molecule has 1 aromatic carbocycles. The van der Waals surface area contributed by atoms with Gasteiger partial charge in [0.25, 0.3) is 5.91 Å². The van der Waals surface area contributed by atoms with Crippen molar-refractivity contribution in [3.8, 4) is 5.75 Å². The Kier molecular flexibility index (Phi) is 3.33. The van der Waals surface area contributed by atoms with E-state index in [1.807, 2.05) is 6.92 Å². The summed E-state index contributed by atoms with van der Waals surface area (Å²) < 4.78 is 0. The molecule has 1 aliphatic carbocycles. The Morgan fingerprint density at radius 3 is 2.67 bits per heavy atom. The fourth-order valence-corrected chi connectivity index (χ4v) is 2.30. The smallest absolute Gasteiger partial charge is 0.255 e. The van der Waals surface area contributed by atoms with Crippen LogP contribution in [0.25, 0.3) is 0 Å². The highest BCUT2D eigenvalue weighted by Gasteiger charge is 2.45. The zero-order valence-electron chi connectivity index (χ0n) is 11.3. The molecular formula is C15H21NO2. The first-order valence-corrected chi connectivity index (χ1v) is 6.52. The summed E-state index contributed by atoms with van der Waals surface area (Å²) in [5.74, 6) is 0.458. The molecule has 1 amide bonds. The predicted molar refractivity (Wildman–Crippen MR) is 71.7 cm³/mol. The Morgan fingerprint density at radius 2 is 2.11 bits per heavy atom. The summed E-state index contributed by atoms with van der Waals surface area (Å²) >= 11 is 0. The van der Waals surface area contributed by atoms with Crippen molar-refractivity contribution in [2.24, 2.45) is 11.3 Å². The van der Waals surface area contributed by atoms with Crippen LogP contribution in [0.3, 0.4) is 0 Å². The molecule has 1 aromatic rings. The van der Waals surface area contributed by atoms with Crippen LogP contribution in [0.5, 0.6) is 5.75 Å². The summed E-state index contributed by atoms with van der Waals surface area (Å²) in [6.45, 7) is 7.01. The van der Waals surface area contributed by atoms with Gasteiger partial charge in [-0.25, -0.2) is 0 Å². The number of aromatic hydroxyl groups is 1. The maximum absolute atomic E-state index is 12.0. The molecule has 0 aliphatic heterocycles. The van der Waals surface area contributed by atoms with Crippen LogP contribution >= 0.6 is 0 Å². The van der Waals surface area contributed by atoms with Crippen LogP contribution in [0.4, 0.5) is 0 Å². The van der Waals surface area contributed by atoms with Crippen LogP contribution in [0.2, 0.25) is 0 Å². The zero-order chi connectivity index (χ0) is 13.3. The molecule has 2 rings (SSSR count). The highest BCUT2D eigenvalue weighted by molar-refractivity contribution is 5.97. The summed E-state index contributed by atoms with van der Waals surface area (Å²) in [7, 11) is 0. The van der Waals surface area contributed by atoms with Gasteiger partial charge in [0.15, 0.2) is 0 Å². The van der Waals surface area contributed by atoms with Crippen molar-refractivity contribution in [1.29, 1.82) is 0 Å². The van der Waals surface area contributed by atoms with Crippen molar-refractivity contribution >= 4 is 5.91 Å². The summed E-state index contributed by atoms with van der Waals surface area (Å²) in [5, 5.41) is 12.7. The van der Waals surface area contributed by atoms with E-state index in [9.17, 15) is 9.90 Å². The van der Waals surface area contributed by atoms with Crippen LogP contribution in [-0.2, 0) is 0 Å². The molecule has 98 valence electrons. The quantitative estimate of drug-likeness (QED) is 0.859. The molecule has 0 radical (unpaired) electrons. The Labute approximate surface area is 108 Å². The van der Waals surface area contributed by atoms with Crippen molar-refractivity contribution in [2.45, 2.75) is 33.6 Å². The Balaban J connectivity index is 2.02. The van der Waals surface area contributed by atoms with Crippen LogP contribution in [0.1, 0.15) is 42.6 Å². The fraction of sp³-hybridized carbons (Fsp3) is 0.533. The van der Waals surface area contributed by atoms with Gasteiger partial charge in [-0.2, -0.15) is 0 Å². The molecule has 1 saturated carbocycles. The highest BCUT2D eigenvalue weighted by atomic mass is 16.3. The van der Waals surface area contributed by atoms with E-state index in [0.29, 0.717) is 18.0 Å². The van der Waals surface area contributed by atoms with Crippen LogP contribution in [-0.4, -0.2) is 17.6 Å². The maximum Gasteiger partial charge on any atom is 0.255 e. The number of phenolic OH excluding ortho intramolecular Hbond substituents is 1. The van der Waals surface area contributed by atoms with Crippen molar-refractivity contribution in [1.82, 2.24) is 5.32 Å². The van der Waals surface area contributed by atoms with Gasteiger partial charge in [-0.15, -0.1) is 0 Å². The second kappa shape index (κ2) is 4.63. The number of phenols is 1. The normalized spacial score (nSPS) is 16.7. The molecule has 1 aliphatic rings. The number of nitrogens with one attached hydrogen (secondary N) is 1. The van der Waals surface area contributed by atoms with Gasteiger partial charge in [0.05, 0.1) is 5.56 Å². The molecule has 0 saturated heterocycles. The second-order valence-electron chi connectivity index (χ2n) is 5.72. The third-order valence-electron chi connectivity index (χ3n) is 4.11. The minimum absolute atomic E-state index is 0.0486. The molecule has 0 unspecified atom stereocenters. The lowest BCUT2D eigenvalue weighted by Gasteiger charge is -2.20. The predicted octanol–water partition coefficient (Wildman–Crippen LogP) is 2.87. The van der Waals surface area contributed by atoms with E-state index >= 15 is 0 Å². The number of benzene rings is 1. The van der Waals surface area contributed by atoms with Gasteiger partial charge in [0.1, 0.15) is 5.75 Å². The minimum Gasteiger partial charge on any atom is -0.507 e. The molecule has 0 aromatic heterocycles. The van der Waals surface area contributed by atoms with Gasteiger partial charge >= 0.3 is 0 Å². The lowest BCUT2D eigenvalue weighted by Crippen LogP contribution is -2.32. The molecule has 18 heavy (non-hydrogen) atoms. The van der Waals surface area contributed by atoms with E-state index in [1.165, 1.54) is 12.8 Å². The first kappa shape index (κ1) is 12.9. The van der Waals surface area contributed by atoms with Crippen molar-refractivity contribution in [2.75, 3.05) is 6.54 Å². The van der Waals surface area contributed by atoms with E-state index in [2.05, 4.69) is 19.2 Å². The average molecular weight is 247 g/mol. The SMILES string of the molecule is Cc1ccc(O)c(C(=O)NCC2(C(C)C)CC2)c1. The van der Waals surface area contributed by atoms with E-state index in [-0.39, 0.29) is 17.1 Å².